The summed E-state index contributed by atoms with van der Waals surface area (Å²) < 4.78 is 24.6. The number of hydrogen-bond acceptors (Lipinski definition) is 7. The number of ether oxygens (including phenoxy) is 2. The Morgan fingerprint density at radius 1 is 1.30 bits per heavy atom. The number of fused-ring (bicyclic) bond motifs is 1. The molecule has 1 amide bonds. The van der Waals surface area contributed by atoms with E-state index in [0.29, 0.717) is 5.13 Å². The maximum Gasteiger partial charge on any atom is 0.340 e. The van der Waals surface area contributed by atoms with E-state index in [1.165, 1.54) is 30.6 Å². The van der Waals surface area contributed by atoms with E-state index in [1.54, 1.807) is 23.7 Å². The van der Waals surface area contributed by atoms with Gasteiger partial charge in [0.2, 0.25) is 5.91 Å². The number of rotatable bonds is 6. The van der Waals surface area contributed by atoms with Gasteiger partial charge in [-0.25, -0.2) is 14.2 Å². The number of phenolic OH excluding ortho intramolecular Hbond substituents is 1. The average Bonchev–Trinajstić information content (AvgIpc) is 3.27. The molecule has 0 saturated heterocycles. The average molecular weight is 471 g/mol. The van der Waals surface area contributed by atoms with Crippen LogP contribution in [0.4, 0.5) is 9.52 Å². The lowest BCUT2D eigenvalue weighted by molar-refractivity contribution is -0.117. The van der Waals surface area contributed by atoms with Crippen molar-refractivity contribution in [3.63, 3.8) is 0 Å². The number of aromatic nitrogens is 1. The Bertz CT molecular complexity index is 1200. The van der Waals surface area contributed by atoms with Crippen molar-refractivity contribution in [2.24, 2.45) is 0 Å². The van der Waals surface area contributed by atoms with Crippen LogP contribution in [0, 0.1) is 5.82 Å². The van der Waals surface area contributed by atoms with Gasteiger partial charge in [-0.15, -0.1) is 11.3 Å². The number of carbonyl (C=O) groups is 2. The molecule has 2 N–H and O–H groups in total. The highest BCUT2D eigenvalue weighted by molar-refractivity contribution is 7.13. The fraction of sp³-hybridized carbons (Fsp3) is 0.292. The second kappa shape index (κ2) is 9.19. The summed E-state index contributed by atoms with van der Waals surface area (Å²) in [7, 11) is 1.17. The summed E-state index contributed by atoms with van der Waals surface area (Å²) in [5.74, 6) is -1.54. The van der Waals surface area contributed by atoms with Crippen LogP contribution in [0.2, 0.25) is 0 Å². The lowest BCUT2D eigenvalue weighted by Gasteiger charge is -2.36. The fourth-order valence-corrected chi connectivity index (χ4v) is 4.76. The van der Waals surface area contributed by atoms with E-state index in [1.807, 2.05) is 6.92 Å². The minimum absolute atomic E-state index is 0.0808. The Kier molecular flexibility index (Phi) is 6.33. The van der Waals surface area contributed by atoms with Crippen LogP contribution in [0.1, 0.15) is 47.7 Å². The predicted molar refractivity (Wildman–Crippen MR) is 122 cm³/mol. The number of anilines is 1. The molecule has 1 aliphatic carbocycles. The minimum Gasteiger partial charge on any atom is -0.504 e. The fourth-order valence-electron chi connectivity index (χ4n) is 4.21. The number of benzene rings is 2. The molecule has 7 nitrogen and oxygen atoms in total. The molecule has 0 unspecified atom stereocenters. The highest BCUT2D eigenvalue weighted by Crippen LogP contribution is 2.45. The third-order valence-electron chi connectivity index (χ3n) is 5.81. The van der Waals surface area contributed by atoms with Gasteiger partial charge in [-0.1, -0.05) is 6.92 Å². The van der Waals surface area contributed by atoms with Crippen LogP contribution < -0.4 is 10.1 Å². The highest BCUT2D eigenvalue weighted by atomic mass is 32.1. The third kappa shape index (κ3) is 4.83. The zero-order valence-electron chi connectivity index (χ0n) is 18.2. The van der Waals surface area contributed by atoms with Crippen LogP contribution in [0.5, 0.6) is 17.2 Å². The van der Waals surface area contributed by atoms with E-state index < -0.39 is 17.2 Å². The van der Waals surface area contributed by atoms with E-state index in [4.69, 9.17) is 4.74 Å². The van der Waals surface area contributed by atoms with Gasteiger partial charge in [0, 0.05) is 29.5 Å². The molecule has 2 aromatic carbocycles. The van der Waals surface area contributed by atoms with Crippen LogP contribution in [0.25, 0.3) is 0 Å². The van der Waals surface area contributed by atoms with E-state index in [-0.39, 0.29) is 35.1 Å². The minimum atomic E-state index is -0.791. The van der Waals surface area contributed by atoms with Crippen LogP contribution >= 0.6 is 11.3 Å². The number of carbonyl (C=O) groups excluding carboxylic acids is 2. The topological polar surface area (TPSA) is 97.8 Å². The molecule has 9 heteroatoms. The number of amides is 1. The predicted octanol–water partition coefficient (Wildman–Crippen LogP) is 5.19. The van der Waals surface area contributed by atoms with E-state index in [9.17, 15) is 19.1 Å². The Morgan fingerprint density at radius 3 is 2.82 bits per heavy atom. The second-order valence-electron chi connectivity index (χ2n) is 8.19. The van der Waals surface area contributed by atoms with Crippen molar-refractivity contribution in [2.45, 2.75) is 38.0 Å². The maximum atomic E-state index is 14.3. The summed E-state index contributed by atoms with van der Waals surface area (Å²) in [4.78, 5) is 28.4. The SMILES string of the molecule is COC(=O)c1ccc(Oc2cc3c(cc2O)CCC[C@]3(C)CC(=O)Nc2nccs2)cc1F. The van der Waals surface area contributed by atoms with Gasteiger partial charge in [-0.3, -0.25) is 4.79 Å². The van der Waals surface area contributed by atoms with Crippen LogP contribution in [0.3, 0.4) is 0 Å². The molecule has 0 bridgehead atoms. The molecule has 1 heterocycles. The third-order valence-corrected chi connectivity index (χ3v) is 6.50. The van der Waals surface area contributed by atoms with Gasteiger partial charge in [-0.2, -0.15) is 0 Å². The number of phenols is 1. The van der Waals surface area contributed by atoms with Crippen molar-refractivity contribution < 1.29 is 28.6 Å². The number of halogens is 1. The first-order valence-electron chi connectivity index (χ1n) is 10.4. The van der Waals surface area contributed by atoms with Gasteiger partial charge in [-0.05, 0) is 54.7 Å². The molecule has 1 aliphatic rings. The molecule has 172 valence electrons. The number of esters is 1. The summed E-state index contributed by atoms with van der Waals surface area (Å²) in [6.07, 6.45) is 4.32. The van der Waals surface area contributed by atoms with Crippen LogP contribution in [-0.2, 0) is 21.4 Å². The van der Waals surface area contributed by atoms with Crippen molar-refractivity contribution in [2.75, 3.05) is 12.4 Å². The zero-order valence-corrected chi connectivity index (χ0v) is 19.0. The molecular formula is C24H23FN2O5S. The smallest absolute Gasteiger partial charge is 0.340 e. The number of methoxy groups -OCH3 is 1. The summed E-state index contributed by atoms with van der Waals surface area (Å²) in [6, 6.07) is 7.10. The van der Waals surface area contributed by atoms with Crippen molar-refractivity contribution in [3.05, 3.63) is 64.4 Å². The maximum absolute atomic E-state index is 14.3. The van der Waals surface area contributed by atoms with Gasteiger partial charge >= 0.3 is 5.97 Å². The Morgan fingerprint density at radius 2 is 2.12 bits per heavy atom. The molecule has 0 spiro atoms. The van der Waals surface area contributed by atoms with Crippen molar-refractivity contribution in [1.29, 1.82) is 0 Å². The summed E-state index contributed by atoms with van der Waals surface area (Å²) in [5, 5.41) is 15.7. The standard InChI is InChI=1S/C24H23FN2O5S/c1-24(13-21(29)27-23-26-8-9-33-23)7-3-4-14-10-19(28)20(12-17(14)24)32-15-5-6-16(18(25)11-15)22(30)31-2/h5-6,8-12,28H,3-4,7,13H2,1-2H3,(H,26,27,29)/t24-/m1/s1. The summed E-state index contributed by atoms with van der Waals surface area (Å²) >= 11 is 1.35. The monoisotopic (exact) mass is 470 g/mol. The Hall–Kier alpha value is -3.46. The van der Waals surface area contributed by atoms with Gasteiger partial charge in [0.25, 0.3) is 0 Å². The molecule has 0 radical (unpaired) electrons. The lowest BCUT2D eigenvalue weighted by atomic mass is 9.69. The molecule has 3 aromatic rings. The quantitative estimate of drug-likeness (QED) is 0.481. The van der Waals surface area contributed by atoms with Crippen LogP contribution in [0.15, 0.2) is 41.9 Å². The van der Waals surface area contributed by atoms with Gasteiger partial charge in [0.1, 0.15) is 11.6 Å². The highest BCUT2D eigenvalue weighted by Gasteiger charge is 2.35. The molecule has 0 aliphatic heterocycles. The summed E-state index contributed by atoms with van der Waals surface area (Å²) in [6.45, 7) is 2.01. The lowest BCUT2D eigenvalue weighted by Crippen LogP contribution is -2.32. The van der Waals surface area contributed by atoms with E-state index >= 15 is 0 Å². The normalized spacial score (nSPS) is 17.2. The number of aromatic hydroxyl groups is 1. The summed E-state index contributed by atoms with van der Waals surface area (Å²) in [5.41, 5.74) is 1.17. The Labute approximate surface area is 194 Å². The number of nitrogens with zero attached hydrogens (tertiary/aromatic N) is 1. The zero-order chi connectivity index (χ0) is 23.6. The first-order valence-corrected chi connectivity index (χ1v) is 11.3. The van der Waals surface area contributed by atoms with Crippen molar-refractivity contribution in [1.82, 2.24) is 4.98 Å². The van der Waals surface area contributed by atoms with Crippen molar-refractivity contribution in [3.8, 4) is 17.2 Å². The first kappa shape index (κ1) is 22.7. The molecule has 33 heavy (non-hydrogen) atoms. The molecular weight excluding hydrogens is 447 g/mol. The van der Waals surface area contributed by atoms with Gasteiger partial charge in [0.05, 0.1) is 12.7 Å². The number of hydrogen-bond donors (Lipinski definition) is 2. The van der Waals surface area contributed by atoms with Gasteiger partial charge < -0.3 is 19.9 Å². The second-order valence-corrected chi connectivity index (χ2v) is 9.08. The molecule has 1 aromatic heterocycles. The van der Waals surface area contributed by atoms with Crippen LogP contribution in [-0.4, -0.2) is 29.1 Å². The first-order chi connectivity index (χ1) is 15.8. The van der Waals surface area contributed by atoms with Gasteiger partial charge in [0.15, 0.2) is 16.6 Å². The Balaban J connectivity index is 1.60. The molecule has 0 saturated carbocycles. The molecule has 4 rings (SSSR count). The number of nitrogens with one attached hydrogen (secondary N) is 1. The molecule has 0 fully saturated rings. The van der Waals surface area contributed by atoms with E-state index in [0.717, 1.165) is 36.5 Å². The molecule has 1 atom stereocenters. The van der Waals surface area contributed by atoms with E-state index in [2.05, 4.69) is 15.0 Å². The van der Waals surface area contributed by atoms with Crippen molar-refractivity contribution >= 4 is 28.3 Å². The number of aryl methyl sites for hydroxylation is 1. The number of thiazole rings is 1. The largest absolute Gasteiger partial charge is 0.504 e.